The number of carbonyl (C=O) groups is 3. The summed E-state index contributed by atoms with van der Waals surface area (Å²) in [5.74, 6) is -0.521. The molecule has 0 saturated heterocycles. The van der Waals surface area contributed by atoms with Gasteiger partial charge in [-0.15, -0.1) is 0 Å². The Morgan fingerprint density at radius 2 is 1.75 bits per heavy atom. The van der Waals surface area contributed by atoms with Crippen LogP contribution in [-0.2, 0) is 27.4 Å². The van der Waals surface area contributed by atoms with Gasteiger partial charge in [0.25, 0.3) is 0 Å². The molecule has 3 heterocycles. The van der Waals surface area contributed by atoms with Gasteiger partial charge >= 0.3 is 17.9 Å². The Morgan fingerprint density at radius 3 is 2.32 bits per heavy atom. The second-order valence-electron chi connectivity index (χ2n) is 8.81. The second-order valence-corrected chi connectivity index (χ2v) is 9.59. The third-order valence-corrected chi connectivity index (χ3v) is 6.29. The summed E-state index contributed by atoms with van der Waals surface area (Å²) in [5, 5.41) is 12.4. The Labute approximate surface area is 261 Å². The zero-order valence-electron chi connectivity index (χ0n) is 24.6. The minimum atomic E-state index is -0.990. The van der Waals surface area contributed by atoms with E-state index in [0.29, 0.717) is 39.7 Å². The van der Waals surface area contributed by atoms with Gasteiger partial charge in [0.15, 0.2) is 16.1 Å². The molecule has 13 nitrogen and oxygen atoms in total. The Kier molecular flexibility index (Phi) is 12.9. The summed E-state index contributed by atoms with van der Waals surface area (Å²) in [6.07, 6.45) is 1.45. The van der Waals surface area contributed by atoms with Crippen LogP contribution in [0.15, 0.2) is 68.3 Å². The number of carboxylic acids is 1. The number of methoxy groups -OCH3 is 2. The first-order valence-electron chi connectivity index (χ1n) is 13.3. The van der Waals surface area contributed by atoms with E-state index in [0.717, 1.165) is 5.56 Å². The van der Waals surface area contributed by atoms with Crippen LogP contribution < -0.4 is 9.47 Å². The van der Waals surface area contributed by atoms with Crippen molar-refractivity contribution in [3.8, 4) is 23.0 Å². The standard InChI is InChI=1S/C24H27BrN2O8.C6H5NO2/c1-5-32-21(28)14-27(12-15-7-8-16(30-3)11-19(15)31-4)13-17-22(18-9-10-20(25)34-18)26-35-23(17)24(29)33-6-2;8-6(9)5-3-1-2-4-7-5/h7-11H,5-6,12-14H2,1-4H3;1-4H,(H,8,9). The lowest BCUT2D eigenvalue weighted by molar-refractivity contribution is -0.144. The van der Waals surface area contributed by atoms with Crippen LogP contribution in [0.3, 0.4) is 0 Å². The van der Waals surface area contributed by atoms with Gasteiger partial charge in [-0.2, -0.15) is 0 Å². The number of hydrogen-bond acceptors (Lipinski definition) is 12. The van der Waals surface area contributed by atoms with E-state index in [1.165, 1.54) is 12.3 Å². The molecular formula is C30H32BrN3O10. The van der Waals surface area contributed by atoms with Crippen molar-refractivity contribution in [1.82, 2.24) is 15.0 Å². The zero-order valence-corrected chi connectivity index (χ0v) is 26.2. The van der Waals surface area contributed by atoms with Crippen LogP contribution in [0.4, 0.5) is 0 Å². The number of nitrogens with zero attached hydrogens (tertiary/aromatic N) is 3. The summed E-state index contributed by atoms with van der Waals surface area (Å²) in [6.45, 7) is 4.18. The molecule has 0 aliphatic heterocycles. The topological polar surface area (TPSA) is 164 Å². The van der Waals surface area contributed by atoms with E-state index in [9.17, 15) is 14.4 Å². The number of esters is 2. The van der Waals surface area contributed by atoms with E-state index in [2.05, 4.69) is 26.1 Å². The van der Waals surface area contributed by atoms with Gasteiger partial charge in [-0.3, -0.25) is 9.69 Å². The molecule has 3 aromatic heterocycles. The number of halogens is 1. The lowest BCUT2D eigenvalue weighted by Crippen LogP contribution is -2.31. The predicted molar refractivity (Wildman–Crippen MR) is 159 cm³/mol. The molecule has 0 saturated carbocycles. The molecule has 0 bridgehead atoms. The highest BCUT2D eigenvalue weighted by Gasteiger charge is 2.28. The van der Waals surface area contributed by atoms with E-state index in [-0.39, 0.29) is 37.8 Å². The summed E-state index contributed by atoms with van der Waals surface area (Å²) in [6, 6.07) is 13.6. The minimum absolute atomic E-state index is 0.0578. The molecule has 4 aromatic rings. The highest BCUT2D eigenvalue weighted by Crippen LogP contribution is 2.32. The maximum atomic E-state index is 12.6. The summed E-state index contributed by atoms with van der Waals surface area (Å²) < 4.78 is 32.6. The van der Waals surface area contributed by atoms with Crippen molar-refractivity contribution in [3.63, 3.8) is 0 Å². The summed E-state index contributed by atoms with van der Waals surface area (Å²) in [4.78, 5) is 40.6. The van der Waals surface area contributed by atoms with Crippen molar-refractivity contribution in [2.24, 2.45) is 0 Å². The van der Waals surface area contributed by atoms with Crippen molar-refractivity contribution in [2.75, 3.05) is 34.0 Å². The third kappa shape index (κ3) is 9.41. The van der Waals surface area contributed by atoms with E-state index in [1.807, 2.05) is 6.07 Å². The van der Waals surface area contributed by atoms with Gasteiger partial charge in [0.1, 0.15) is 17.2 Å². The fraction of sp³-hybridized carbons (Fsp3) is 0.300. The Bertz CT molecular complexity index is 1540. The molecule has 0 fully saturated rings. The van der Waals surface area contributed by atoms with Crippen molar-refractivity contribution >= 4 is 33.8 Å². The first-order valence-corrected chi connectivity index (χ1v) is 14.1. The first-order chi connectivity index (χ1) is 21.2. The first kappa shape index (κ1) is 33.8. The number of hydrogen-bond donors (Lipinski definition) is 1. The van der Waals surface area contributed by atoms with E-state index < -0.39 is 17.9 Å². The fourth-order valence-corrected chi connectivity index (χ4v) is 4.25. The molecular weight excluding hydrogens is 642 g/mol. The molecule has 44 heavy (non-hydrogen) atoms. The van der Waals surface area contributed by atoms with Crippen molar-refractivity contribution in [2.45, 2.75) is 26.9 Å². The average Bonchev–Trinajstić information content (AvgIpc) is 3.64. The Morgan fingerprint density at radius 1 is 0.977 bits per heavy atom. The molecule has 0 atom stereocenters. The van der Waals surface area contributed by atoms with E-state index in [1.54, 1.807) is 69.4 Å². The lowest BCUT2D eigenvalue weighted by atomic mass is 10.1. The number of furan rings is 1. The monoisotopic (exact) mass is 673 g/mol. The van der Waals surface area contributed by atoms with Crippen LogP contribution >= 0.6 is 15.9 Å². The lowest BCUT2D eigenvalue weighted by Gasteiger charge is -2.22. The van der Waals surface area contributed by atoms with Crippen molar-refractivity contribution in [3.05, 3.63) is 82.0 Å². The van der Waals surface area contributed by atoms with Crippen LogP contribution in [0.1, 0.15) is 46.0 Å². The molecule has 4 rings (SSSR count). The van der Waals surface area contributed by atoms with Crippen molar-refractivity contribution in [1.29, 1.82) is 0 Å². The largest absolute Gasteiger partial charge is 0.497 e. The molecule has 0 aliphatic carbocycles. The SMILES string of the molecule is CCOC(=O)CN(Cc1ccc(OC)cc1OC)Cc1c(-c2ccc(Br)o2)noc1C(=O)OCC.O=C(O)c1ccccn1. The number of pyridine rings is 1. The van der Waals surface area contributed by atoms with Crippen LogP contribution in [0.5, 0.6) is 11.5 Å². The van der Waals surface area contributed by atoms with Gasteiger partial charge in [0.2, 0.25) is 5.76 Å². The average molecular weight is 675 g/mol. The number of ether oxygens (including phenoxy) is 4. The normalized spacial score (nSPS) is 10.5. The predicted octanol–water partition coefficient (Wildman–Crippen LogP) is 5.24. The van der Waals surface area contributed by atoms with Gasteiger partial charge in [0.05, 0.1) is 39.5 Å². The minimum Gasteiger partial charge on any atom is -0.497 e. The maximum absolute atomic E-state index is 12.6. The zero-order chi connectivity index (χ0) is 32.1. The fourth-order valence-electron chi connectivity index (χ4n) is 3.94. The number of carboxylic acid groups (broad SMARTS) is 1. The Balaban J connectivity index is 0.000000502. The molecule has 14 heteroatoms. The van der Waals surface area contributed by atoms with Crippen LogP contribution in [-0.4, -0.2) is 72.0 Å². The highest BCUT2D eigenvalue weighted by molar-refractivity contribution is 9.10. The van der Waals surface area contributed by atoms with Crippen LogP contribution in [0.2, 0.25) is 0 Å². The Hall–Kier alpha value is -4.69. The van der Waals surface area contributed by atoms with Crippen molar-refractivity contribution < 1.29 is 47.4 Å². The number of aromatic carboxylic acids is 1. The molecule has 1 aromatic carbocycles. The maximum Gasteiger partial charge on any atom is 0.377 e. The van der Waals surface area contributed by atoms with E-state index in [4.69, 9.17) is 33.0 Å². The van der Waals surface area contributed by atoms with Crippen LogP contribution in [0.25, 0.3) is 11.5 Å². The number of carbonyl (C=O) groups excluding carboxylic acids is 2. The molecule has 0 spiro atoms. The van der Waals surface area contributed by atoms with E-state index >= 15 is 0 Å². The number of benzene rings is 1. The molecule has 1 N–H and O–H groups in total. The number of rotatable bonds is 13. The quantitative estimate of drug-likeness (QED) is 0.183. The summed E-state index contributed by atoms with van der Waals surface area (Å²) >= 11 is 3.27. The van der Waals surface area contributed by atoms with Gasteiger partial charge in [0, 0.05) is 30.9 Å². The molecule has 0 radical (unpaired) electrons. The van der Waals surface area contributed by atoms with Gasteiger partial charge in [-0.1, -0.05) is 17.3 Å². The van der Waals surface area contributed by atoms with Gasteiger partial charge in [-0.25, -0.2) is 14.6 Å². The third-order valence-electron chi connectivity index (χ3n) is 5.87. The molecule has 0 aliphatic rings. The van der Waals surface area contributed by atoms with Gasteiger partial charge in [-0.05, 0) is 60.1 Å². The highest BCUT2D eigenvalue weighted by atomic mass is 79.9. The van der Waals surface area contributed by atoms with Crippen LogP contribution in [0, 0.1) is 0 Å². The summed E-state index contributed by atoms with van der Waals surface area (Å²) in [7, 11) is 3.12. The second kappa shape index (κ2) is 16.8. The smallest absolute Gasteiger partial charge is 0.377 e. The molecule has 0 amide bonds. The van der Waals surface area contributed by atoms with Gasteiger partial charge < -0.3 is 33.0 Å². The molecule has 0 unspecified atom stereocenters. The summed E-state index contributed by atoms with van der Waals surface area (Å²) in [5.41, 5.74) is 1.63. The molecule has 234 valence electrons. The number of aromatic nitrogens is 2.